The number of nitrogens with one attached hydrogen (secondary N) is 1. The van der Waals surface area contributed by atoms with Gasteiger partial charge in [-0.3, -0.25) is 0 Å². The first-order chi connectivity index (χ1) is 6.93. The summed E-state index contributed by atoms with van der Waals surface area (Å²) >= 11 is 1.61. The summed E-state index contributed by atoms with van der Waals surface area (Å²) < 4.78 is 0. The molecule has 68 valence electrons. The Labute approximate surface area is 85.2 Å². The van der Waals surface area contributed by atoms with Gasteiger partial charge in [0.15, 0.2) is 0 Å². The summed E-state index contributed by atoms with van der Waals surface area (Å²) in [4.78, 5) is 7.61. The minimum atomic E-state index is 1.02. The van der Waals surface area contributed by atoms with Gasteiger partial charge in [0.05, 0.1) is 16.9 Å². The van der Waals surface area contributed by atoms with E-state index in [9.17, 15) is 0 Å². The highest BCUT2D eigenvalue weighted by atomic mass is 32.1. The average Bonchev–Trinajstić information content (AvgIpc) is 2.86. The maximum atomic E-state index is 4.27. The molecule has 3 aromatic rings. The van der Waals surface area contributed by atoms with Gasteiger partial charge in [-0.1, -0.05) is 18.2 Å². The Morgan fingerprint density at radius 2 is 2.14 bits per heavy atom. The molecule has 0 spiro atoms. The normalized spacial score (nSPS) is 10.9. The van der Waals surface area contributed by atoms with Crippen LogP contribution < -0.4 is 0 Å². The summed E-state index contributed by atoms with van der Waals surface area (Å²) in [6, 6.07) is 10.4. The fourth-order valence-electron chi connectivity index (χ4n) is 1.56. The molecule has 14 heavy (non-hydrogen) atoms. The SMILES string of the molecule is c1ccc2[nH]c(-c3cscn3)cc2c1. The summed E-state index contributed by atoms with van der Waals surface area (Å²) in [7, 11) is 0. The van der Waals surface area contributed by atoms with Crippen LogP contribution in [0.3, 0.4) is 0 Å². The lowest BCUT2D eigenvalue weighted by Crippen LogP contribution is -1.73. The number of H-pyrrole nitrogens is 1. The lowest BCUT2D eigenvalue weighted by molar-refractivity contribution is 1.35. The van der Waals surface area contributed by atoms with Crippen LogP contribution in [0.25, 0.3) is 22.3 Å². The Morgan fingerprint density at radius 1 is 1.21 bits per heavy atom. The van der Waals surface area contributed by atoms with E-state index in [1.165, 1.54) is 5.39 Å². The van der Waals surface area contributed by atoms with Crippen molar-refractivity contribution in [2.24, 2.45) is 0 Å². The van der Waals surface area contributed by atoms with E-state index in [0.29, 0.717) is 0 Å². The molecule has 0 amide bonds. The van der Waals surface area contributed by atoms with E-state index in [2.05, 4.69) is 28.2 Å². The van der Waals surface area contributed by atoms with Crippen LogP contribution >= 0.6 is 11.3 Å². The van der Waals surface area contributed by atoms with Gasteiger partial charge in [0.2, 0.25) is 0 Å². The van der Waals surface area contributed by atoms with Crippen LogP contribution in [0.1, 0.15) is 0 Å². The van der Waals surface area contributed by atoms with Crippen LogP contribution in [0.5, 0.6) is 0 Å². The van der Waals surface area contributed by atoms with Crippen molar-refractivity contribution in [3.05, 3.63) is 41.2 Å². The molecular formula is C11H8N2S. The van der Waals surface area contributed by atoms with E-state index < -0.39 is 0 Å². The first kappa shape index (κ1) is 7.76. The number of aromatic nitrogens is 2. The van der Waals surface area contributed by atoms with Crippen LogP contribution in [0.2, 0.25) is 0 Å². The number of benzene rings is 1. The fraction of sp³-hybridized carbons (Fsp3) is 0. The molecule has 0 aliphatic heterocycles. The first-order valence-electron chi connectivity index (χ1n) is 4.40. The molecule has 1 N–H and O–H groups in total. The van der Waals surface area contributed by atoms with Crippen LogP contribution in [0, 0.1) is 0 Å². The molecule has 3 heteroatoms. The molecule has 0 aliphatic rings. The monoisotopic (exact) mass is 200 g/mol. The van der Waals surface area contributed by atoms with Crippen molar-refractivity contribution < 1.29 is 0 Å². The minimum Gasteiger partial charge on any atom is -0.353 e. The summed E-state index contributed by atoms with van der Waals surface area (Å²) in [5.74, 6) is 0. The topological polar surface area (TPSA) is 28.7 Å². The standard InChI is InChI=1S/C11H8N2S/c1-2-4-9-8(3-1)5-10(13-9)11-6-14-7-12-11/h1-7,13H. The molecule has 0 fully saturated rings. The van der Waals surface area contributed by atoms with Crippen molar-refractivity contribution in [1.82, 2.24) is 9.97 Å². The molecule has 0 saturated heterocycles. The van der Waals surface area contributed by atoms with Gasteiger partial charge < -0.3 is 4.98 Å². The smallest absolute Gasteiger partial charge is 0.0973 e. The minimum absolute atomic E-state index is 1.02. The zero-order valence-corrected chi connectivity index (χ0v) is 8.21. The Balaban J connectivity index is 2.24. The molecule has 0 atom stereocenters. The van der Waals surface area contributed by atoms with Crippen LogP contribution in [0.4, 0.5) is 0 Å². The number of thiazole rings is 1. The predicted molar refractivity (Wildman–Crippen MR) is 59.4 cm³/mol. The predicted octanol–water partition coefficient (Wildman–Crippen LogP) is 3.29. The van der Waals surface area contributed by atoms with Crippen molar-refractivity contribution in [2.75, 3.05) is 0 Å². The van der Waals surface area contributed by atoms with Crippen molar-refractivity contribution in [2.45, 2.75) is 0 Å². The second kappa shape index (κ2) is 2.96. The molecule has 2 heterocycles. The zero-order valence-electron chi connectivity index (χ0n) is 7.40. The third-order valence-corrected chi connectivity index (χ3v) is 2.82. The highest BCUT2D eigenvalue weighted by molar-refractivity contribution is 7.07. The Kier molecular flexibility index (Phi) is 1.64. The Bertz CT molecular complexity index is 518. The summed E-state index contributed by atoms with van der Waals surface area (Å²) in [6.45, 7) is 0. The van der Waals surface area contributed by atoms with Gasteiger partial charge in [-0.2, -0.15) is 0 Å². The third-order valence-electron chi connectivity index (χ3n) is 2.24. The van der Waals surface area contributed by atoms with Gasteiger partial charge in [-0.15, -0.1) is 11.3 Å². The molecule has 1 aromatic carbocycles. The van der Waals surface area contributed by atoms with Gasteiger partial charge in [0, 0.05) is 16.3 Å². The molecule has 0 radical (unpaired) electrons. The summed E-state index contributed by atoms with van der Waals surface area (Å²) in [5, 5.41) is 3.28. The Morgan fingerprint density at radius 3 is 2.93 bits per heavy atom. The van der Waals surface area contributed by atoms with Gasteiger partial charge in [-0.25, -0.2) is 4.98 Å². The fourth-order valence-corrected chi connectivity index (χ4v) is 2.11. The number of nitrogens with zero attached hydrogens (tertiary/aromatic N) is 1. The molecule has 0 saturated carbocycles. The van der Waals surface area contributed by atoms with Crippen molar-refractivity contribution >= 4 is 22.2 Å². The summed E-state index contributed by atoms with van der Waals surface area (Å²) in [5.41, 5.74) is 5.12. The molecule has 2 nitrogen and oxygen atoms in total. The quantitative estimate of drug-likeness (QED) is 0.641. The van der Waals surface area contributed by atoms with E-state index in [1.54, 1.807) is 11.3 Å². The Hall–Kier alpha value is -1.61. The largest absolute Gasteiger partial charge is 0.353 e. The second-order valence-electron chi connectivity index (χ2n) is 3.14. The van der Waals surface area contributed by atoms with Crippen molar-refractivity contribution in [3.63, 3.8) is 0 Å². The number of aromatic amines is 1. The van der Waals surface area contributed by atoms with Crippen LogP contribution in [0.15, 0.2) is 41.2 Å². The zero-order chi connectivity index (χ0) is 9.38. The van der Waals surface area contributed by atoms with Crippen molar-refractivity contribution in [1.29, 1.82) is 0 Å². The second-order valence-corrected chi connectivity index (χ2v) is 3.86. The average molecular weight is 200 g/mol. The molecular weight excluding hydrogens is 192 g/mol. The number of hydrogen-bond acceptors (Lipinski definition) is 2. The van der Waals surface area contributed by atoms with Gasteiger partial charge in [0.1, 0.15) is 0 Å². The highest BCUT2D eigenvalue weighted by Crippen LogP contribution is 2.23. The highest BCUT2D eigenvalue weighted by Gasteiger charge is 2.03. The van der Waals surface area contributed by atoms with E-state index in [4.69, 9.17) is 0 Å². The van der Waals surface area contributed by atoms with Gasteiger partial charge in [0.25, 0.3) is 0 Å². The number of hydrogen-bond donors (Lipinski definition) is 1. The first-order valence-corrected chi connectivity index (χ1v) is 5.34. The van der Waals surface area contributed by atoms with E-state index in [0.717, 1.165) is 16.9 Å². The number of fused-ring (bicyclic) bond motifs is 1. The maximum absolute atomic E-state index is 4.27. The molecule has 0 aliphatic carbocycles. The molecule has 3 rings (SSSR count). The van der Waals surface area contributed by atoms with Crippen LogP contribution in [-0.4, -0.2) is 9.97 Å². The third kappa shape index (κ3) is 1.14. The van der Waals surface area contributed by atoms with Gasteiger partial charge in [-0.05, 0) is 12.1 Å². The summed E-state index contributed by atoms with van der Waals surface area (Å²) in [6.07, 6.45) is 0. The van der Waals surface area contributed by atoms with E-state index in [1.807, 2.05) is 23.0 Å². The lowest BCUT2D eigenvalue weighted by atomic mass is 10.2. The van der Waals surface area contributed by atoms with Crippen LogP contribution in [-0.2, 0) is 0 Å². The van der Waals surface area contributed by atoms with E-state index in [-0.39, 0.29) is 0 Å². The number of rotatable bonds is 1. The lowest BCUT2D eigenvalue weighted by Gasteiger charge is -1.87. The molecule has 0 unspecified atom stereocenters. The molecule has 2 aromatic heterocycles. The van der Waals surface area contributed by atoms with E-state index >= 15 is 0 Å². The van der Waals surface area contributed by atoms with Crippen molar-refractivity contribution in [3.8, 4) is 11.4 Å². The molecule has 0 bridgehead atoms. The number of para-hydroxylation sites is 1. The van der Waals surface area contributed by atoms with Gasteiger partial charge >= 0.3 is 0 Å². The maximum Gasteiger partial charge on any atom is 0.0973 e.